The number of carbonyl (C=O) groups excluding carboxylic acids is 4. The third-order valence-electron chi connectivity index (χ3n) is 2.62. The smallest absolute Gasteiger partial charge is 0.419 e. The van der Waals surface area contributed by atoms with Gasteiger partial charge in [-0.25, -0.2) is 19.2 Å². The SMILES string of the molecule is O=C(OCOC(=O)C(=O)Oc1ccccc1)C(=O)Oc1ccccc1. The van der Waals surface area contributed by atoms with Gasteiger partial charge in [0.25, 0.3) is 0 Å². The van der Waals surface area contributed by atoms with Crippen LogP contribution in [0.25, 0.3) is 0 Å². The van der Waals surface area contributed by atoms with Gasteiger partial charge >= 0.3 is 23.9 Å². The van der Waals surface area contributed by atoms with Crippen LogP contribution < -0.4 is 9.47 Å². The Morgan fingerprint density at radius 3 is 1.28 bits per heavy atom. The second-order valence-electron chi connectivity index (χ2n) is 4.39. The van der Waals surface area contributed by atoms with Crippen molar-refractivity contribution in [3.63, 3.8) is 0 Å². The summed E-state index contributed by atoms with van der Waals surface area (Å²) in [5.74, 6) is -5.06. The second-order valence-corrected chi connectivity index (χ2v) is 4.39. The first-order valence-corrected chi connectivity index (χ1v) is 6.94. The van der Waals surface area contributed by atoms with Crippen molar-refractivity contribution in [3.8, 4) is 11.5 Å². The topological polar surface area (TPSA) is 105 Å². The molecule has 0 saturated carbocycles. The van der Waals surface area contributed by atoms with Crippen molar-refractivity contribution in [2.24, 2.45) is 0 Å². The predicted molar refractivity (Wildman–Crippen MR) is 81.2 cm³/mol. The van der Waals surface area contributed by atoms with Gasteiger partial charge in [-0.3, -0.25) is 0 Å². The van der Waals surface area contributed by atoms with Gasteiger partial charge in [0.1, 0.15) is 11.5 Å². The molecule has 2 aromatic carbocycles. The molecule has 0 saturated heterocycles. The maximum Gasteiger partial charge on any atom is 0.422 e. The number of rotatable bonds is 4. The summed E-state index contributed by atoms with van der Waals surface area (Å²) in [4.78, 5) is 45.6. The molecule has 0 aromatic heterocycles. The zero-order valence-corrected chi connectivity index (χ0v) is 12.7. The van der Waals surface area contributed by atoms with Crippen LogP contribution >= 0.6 is 0 Å². The van der Waals surface area contributed by atoms with E-state index >= 15 is 0 Å². The molecule has 25 heavy (non-hydrogen) atoms. The third kappa shape index (κ3) is 5.79. The van der Waals surface area contributed by atoms with Gasteiger partial charge in [-0.05, 0) is 24.3 Å². The monoisotopic (exact) mass is 344 g/mol. The highest BCUT2D eigenvalue weighted by Gasteiger charge is 2.22. The predicted octanol–water partition coefficient (Wildman–Crippen LogP) is 1.24. The number of carbonyl (C=O) groups is 4. The van der Waals surface area contributed by atoms with Gasteiger partial charge in [0.15, 0.2) is 0 Å². The lowest BCUT2D eigenvalue weighted by Crippen LogP contribution is -2.27. The lowest BCUT2D eigenvalue weighted by molar-refractivity contribution is -0.179. The van der Waals surface area contributed by atoms with Gasteiger partial charge in [-0.1, -0.05) is 36.4 Å². The van der Waals surface area contributed by atoms with Crippen molar-refractivity contribution in [2.45, 2.75) is 0 Å². The van der Waals surface area contributed by atoms with E-state index in [1.807, 2.05) is 0 Å². The molecule has 0 atom stereocenters. The molecule has 128 valence electrons. The molecule has 0 fully saturated rings. The maximum atomic E-state index is 11.4. The highest BCUT2D eigenvalue weighted by atomic mass is 16.7. The van der Waals surface area contributed by atoms with Gasteiger partial charge < -0.3 is 18.9 Å². The molecule has 0 radical (unpaired) electrons. The van der Waals surface area contributed by atoms with Crippen molar-refractivity contribution < 1.29 is 38.1 Å². The highest BCUT2D eigenvalue weighted by Crippen LogP contribution is 2.09. The average molecular weight is 344 g/mol. The van der Waals surface area contributed by atoms with Gasteiger partial charge in [-0.2, -0.15) is 0 Å². The Balaban J connectivity index is 1.72. The molecule has 0 aliphatic heterocycles. The molecule has 0 spiro atoms. The van der Waals surface area contributed by atoms with Crippen LogP contribution in [-0.2, 0) is 28.7 Å². The zero-order valence-electron chi connectivity index (χ0n) is 12.7. The van der Waals surface area contributed by atoms with Crippen LogP contribution in [0.3, 0.4) is 0 Å². The van der Waals surface area contributed by atoms with Crippen molar-refractivity contribution in [3.05, 3.63) is 60.7 Å². The first kappa shape index (κ1) is 17.7. The molecule has 0 amide bonds. The van der Waals surface area contributed by atoms with E-state index in [0.29, 0.717) is 0 Å². The summed E-state index contributed by atoms with van der Waals surface area (Å²) < 4.78 is 18.2. The van der Waals surface area contributed by atoms with Crippen LogP contribution in [-0.4, -0.2) is 30.7 Å². The van der Waals surface area contributed by atoms with E-state index in [0.717, 1.165) is 0 Å². The molecule has 0 unspecified atom stereocenters. The van der Waals surface area contributed by atoms with Crippen LogP contribution in [0.4, 0.5) is 0 Å². The van der Waals surface area contributed by atoms with E-state index in [9.17, 15) is 19.2 Å². The fourth-order valence-corrected chi connectivity index (χ4v) is 1.53. The molecule has 0 heterocycles. The summed E-state index contributed by atoms with van der Waals surface area (Å²) in [7, 11) is 0. The van der Waals surface area contributed by atoms with Crippen LogP contribution in [0.2, 0.25) is 0 Å². The van der Waals surface area contributed by atoms with E-state index < -0.39 is 30.7 Å². The van der Waals surface area contributed by atoms with Crippen molar-refractivity contribution in [1.29, 1.82) is 0 Å². The Kier molecular flexibility index (Phi) is 6.24. The molecule has 2 aromatic rings. The lowest BCUT2D eigenvalue weighted by Gasteiger charge is -2.06. The molecule has 0 N–H and O–H groups in total. The Morgan fingerprint density at radius 2 is 0.920 bits per heavy atom. The van der Waals surface area contributed by atoms with Crippen molar-refractivity contribution >= 4 is 23.9 Å². The van der Waals surface area contributed by atoms with Crippen molar-refractivity contribution in [2.75, 3.05) is 6.79 Å². The number of hydrogen-bond donors (Lipinski definition) is 0. The fraction of sp³-hybridized carbons (Fsp3) is 0.0588. The summed E-state index contributed by atoms with van der Waals surface area (Å²) in [6.07, 6.45) is 0. The minimum absolute atomic E-state index is 0.146. The molecular formula is C17H12O8. The summed E-state index contributed by atoms with van der Waals surface area (Å²) in [6.45, 7) is -0.939. The minimum Gasteiger partial charge on any atom is -0.419 e. The van der Waals surface area contributed by atoms with E-state index in [1.54, 1.807) is 36.4 Å². The van der Waals surface area contributed by atoms with Crippen LogP contribution in [0.1, 0.15) is 0 Å². The van der Waals surface area contributed by atoms with E-state index in [4.69, 9.17) is 9.47 Å². The number of benzene rings is 2. The molecule has 8 heteroatoms. The van der Waals surface area contributed by atoms with E-state index in [1.165, 1.54) is 24.3 Å². The number of ether oxygens (including phenoxy) is 4. The first-order valence-electron chi connectivity index (χ1n) is 6.94. The Morgan fingerprint density at radius 1 is 0.560 bits per heavy atom. The summed E-state index contributed by atoms with van der Waals surface area (Å²) in [5.41, 5.74) is 0. The Bertz CT molecular complexity index is 689. The first-order chi connectivity index (χ1) is 12.1. The second kappa shape index (κ2) is 8.82. The maximum absolute atomic E-state index is 11.4. The number of esters is 4. The third-order valence-corrected chi connectivity index (χ3v) is 2.62. The molecule has 0 bridgehead atoms. The van der Waals surface area contributed by atoms with Crippen molar-refractivity contribution in [1.82, 2.24) is 0 Å². The van der Waals surface area contributed by atoms with Gasteiger partial charge in [0, 0.05) is 0 Å². The molecule has 2 rings (SSSR count). The Hall–Kier alpha value is -3.68. The zero-order chi connectivity index (χ0) is 18.1. The van der Waals surface area contributed by atoms with E-state index in [2.05, 4.69) is 9.47 Å². The molecular weight excluding hydrogens is 332 g/mol. The summed E-state index contributed by atoms with van der Waals surface area (Å²) >= 11 is 0. The van der Waals surface area contributed by atoms with Crippen LogP contribution in [0.15, 0.2) is 60.7 Å². The standard InChI is InChI=1S/C17H12O8/c18-14(16(20)24-12-7-3-1-4-8-12)22-11-23-15(19)17(21)25-13-9-5-2-6-10-13/h1-10H,11H2. The van der Waals surface area contributed by atoms with Crippen LogP contribution in [0, 0.1) is 0 Å². The Labute approximate surface area is 141 Å². The normalized spacial score (nSPS) is 9.60. The fourth-order valence-electron chi connectivity index (χ4n) is 1.53. The van der Waals surface area contributed by atoms with Gasteiger partial charge in [0.05, 0.1) is 0 Å². The summed E-state index contributed by atoms with van der Waals surface area (Å²) in [5, 5.41) is 0. The minimum atomic E-state index is -1.38. The highest BCUT2D eigenvalue weighted by molar-refractivity contribution is 6.31. The molecule has 0 aliphatic carbocycles. The van der Waals surface area contributed by atoms with E-state index in [-0.39, 0.29) is 11.5 Å². The molecule has 8 nitrogen and oxygen atoms in total. The van der Waals surface area contributed by atoms with Crippen LogP contribution in [0.5, 0.6) is 11.5 Å². The van der Waals surface area contributed by atoms with Gasteiger partial charge in [0.2, 0.25) is 6.79 Å². The number of hydrogen-bond acceptors (Lipinski definition) is 8. The largest absolute Gasteiger partial charge is 0.422 e. The molecule has 0 aliphatic rings. The summed E-state index contributed by atoms with van der Waals surface area (Å²) in [6, 6.07) is 15.7. The lowest BCUT2D eigenvalue weighted by atomic mass is 10.3. The quantitative estimate of drug-likeness (QED) is 0.353. The number of para-hydroxylation sites is 2. The van der Waals surface area contributed by atoms with Gasteiger partial charge in [-0.15, -0.1) is 0 Å². The average Bonchev–Trinajstić information content (AvgIpc) is 2.63.